The van der Waals surface area contributed by atoms with Crippen molar-refractivity contribution in [1.82, 2.24) is 0 Å². The zero-order valence-electron chi connectivity index (χ0n) is 15.0. The molecule has 1 aliphatic rings. The molecule has 0 spiro atoms. The Balaban J connectivity index is 1.95. The minimum Gasteiger partial charge on any atom is -0.370 e. The third-order valence-electron chi connectivity index (χ3n) is 6.48. The lowest BCUT2D eigenvalue weighted by Gasteiger charge is -2.38. The summed E-state index contributed by atoms with van der Waals surface area (Å²) in [5, 5.41) is 2.69. The summed E-state index contributed by atoms with van der Waals surface area (Å²) >= 11 is 0. The lowest BCUT2D eigenvalue weighted by atomic mass is 9.67. The Labute approximate surface area is 144 Å². The summed E-state index contributed by atoms with van der Waals surface area (Å²) < 4.78 is 0. The highest BCUT2D eigenvalue weighted by molar-refractivity contribution is 5.98. The molecule has 4 rings (SSSR count). The number of fused-ring (bicyclic) bond motifs is 3. The predicted octanol–water partition coefficient (Wildman–Crippen LogP) is 5.74. The van der Waals surface area contributed by atoms with Crippen molar-refractivity contribution in [2.45, 2.75) is 38.1 Å². The smallest absolute Gasteiger partial charge is 0.0485 e. The molecule has 24 heavy (non-hydrogen) atoms. The zero-order chi connectivity index (χ0) is 16.9. The van der Waals surface area contributed by atoms with E-state index in [0.717, 1.165) is 0 Å². The van der Waals surface area contributed by atoms with Gasteiger partial charge in [-0.25, -0.2) is 0 Å². The first-order chi connectivity index (χ1) is 11.5. The highest BCUT2D eigenvalue weighted by Crippen LogP contribution is 2.53. The van der Waals surface area contributed by atoms with Gasteiger partial charge >= 0.3 is 0 Å². The molecule has 0 fully saturated rings. The standard InChI is InChI=1S/C23H25N/c1-16(18-10-6-5-7-11-18)23(3)17(2)24(4)22-20-13-9-8-12-19(20)14-15-21(22)23/h5-17H,1-4H3. The summed E-state index contributed by atoms with van der Waals surface area (Å²) in [4.78, 5) is 2.48. The van der Waals surface area contributed by atoms with Crippen molar-refractivity contribution >= 4 is 16.5 Å². The van der Waals surface area contributed by atoms with E-state index >= 15 is 0 Å². The number of anilines is 1. The second kappa shape index (κ2) is 5.37. The Kier molecular flexibility index (Phi) is 3.42. The summed E-state index contributed by atoms with van der Waals surface area (Å²) in [5.74, 6) is 0.457. The third-order valence-corrected chi connectivity index (χ3v) is 6.48. The summed E-state index contributed by atoms with van der Waals surface area (Å²) in [5.41, 5.74) is 4.40. The van der Waals surface area contributed by atoms with Crippen molar-refractivity contribution in [1.29, 1.82) is 0 Å². The van der Waals surface area contributed by atoms with E-state index < -0.39 is 0 Å². The molecule has 3 unspecified atom stereocenters. The van der Waals surface area contributed by atoms with Gasteiger partial charge in [0.1, 0.15) is 0 Å². The van der Waals surface area contributed by atoms with Crippen LogP contribution < -0.4 is 4.90 Å². The topological polar surface area (TPSA) is 3.24 Å². The quantitative estimate of drug-likeness (QED) is 0.583. The minimum absolute atomic E-state index is 0.0927. The fraction of sp³-hybridized carbons (Fsp3) is 0.304. The SMILES string of the molecule is CC(c1ccccc1)C1(C)c2ccc3ccccc3c2N(C)C1C. The summed E-state index contributed by atoms with van der Waals surface area (Å²) in [6.07, 6.45) is 0. The second-order valence-corrected chi connectivity index (χ2v) is 7.38. The Hall–Kier alpha value is -2.28. The molecule has 0 aromatic heterocycles. The molecule has 3 aromatic carbocycles. The maximum atomic E-state index is 2.48. The van der Waals surface area contributed by atoms with Crippen molar-refractivity contribution < 1.29 is 0 Å². The molecular formula is C23H25N. The van der Waals surface area contributed by atoms with Crippen LogP contribution in [0.1, 0.15) is 37.8 Å². The molecule has 0 aliphatic carbocycles. The van der Waals surface area contributed by atoms with Crippen LogP contribution in [0.5, 0.6) is 0 Å². The number of hydrogen-bond donors (Lipinski definition) is 0. The maximum Gasteiger partial charge on any atom is 0.0485 e. The van der Waals surface area contributed by atoms with Gasteiger partial charge < -0.3 is 4.90 Å². The third kappa shape index (κ3) is 1.94. The first kappa shape index (κ1) is 15.3. The van der Waals surface area contributed by atoms with E-state index in [1.165, 1.54) is 27.6 Å². The molecule has 0 bridgehead atoms. The van der Waals surface area contributed by atoms with Crippen LogP contribution in [0.25, 0.3) is 10.8 Å². The van der Waals surface area contributed by atoms with E-state index in [9.17, 15) is 0 Å². The van der Waals surface area contributed by atoms with Crippen LogP contribution in [0.2, 0.25) is 0 Å². The fourth-order valence-corrected chi connectivity index (χ4v) is 4.57. The first-order valence-electron chi connectivity index (χ1n) is 8.85. The van der Waals surface area contributed by atoms with Crippen molar-refractivity contribution in [2.24, 2.45) is 0 Å². The number of rotatable bonds is 2. The summed E-state index contributed by atoms with van der Waals surface area (Å²) in [7, 11) is 2.25. The lowest BCUT2D eigenvalue weighted by molar-refractivity contribution is 0.351. The van der Waals surface area contributed by atoms with E-state index in [1.54, 1.807) is 0 Å². The monoisotopic (exact) mass is 315 g/mol. The van der Waals surface area contributed by atoms with Gasteiger partial charge in [-0.1, -0.05) is 80.6 Å². The highest BCUT2D eigenvalue weighted by atomic mass is 15.2. The number of nitrogens with zero attached hydrogens (tertiary/aromatic N) is 1. The zero-order valence-corrected chi connectivity index (χ0v) is 15.0. The van der Waals surface area contributed by atoms with Gasteiger partial charge in [0.15, 0.2) is 0 Å². The van der Waals surface area contributed by atoms with Crippen LogP contribution >= 0.6 is 0 Å². The molecule has 1 heteroatoms. The van der Waals surface area contributed by atoms with Crippen molar-refractivity contribution in [3.8, 4) is 0 Å². The number of hydrogen-bond acceptors (Lipinski definition) is 1. The van der Waals surface area contributed by atoms with Gasteiger partial charge in [0.2, 0.25) is 0 Å². The van der Waals surface area contributed by atoms with E-state index in [2.05, 4.69) is 99.4 Å². The Morgan fingerprint density at radius 2 is 1.58 bits per heavy atom. The molecule has 122 valence electrons. The Morgan fingerprint density at radius 3 is 2.33 bits per heavy atom. The molecule has 1 aliphatic heterocycles. The van der Waals surface area contributed by atoms with Gasteiger partial charge in [-0.15, -0.1) is 0 Å². The van der Waals surface area contributed by atoms with Crippen molar-refractivity contribution in [3.05, 3.63) is 77.9 Å². The molecule has 0 N–H and O–H groups in total. The van der Waals surface area contributed by atoms with Gasteiger partial charge in [0, 0.05) is 29.6 Å². The molecule has 0 saturated heterocycles. The molecule has 0 radical (unpaired) electrons. The maximum absolute atomic E-state index is 2.48. The first-order valence-corrected chi connectivity index (χ1v) is 8.85. The number of benzene rings is 3. The largest absolute Gasteiger partial charge is 0.370 e. The van der Waals surface area contributed by atoms with E-state index in [4.69, 9.17) is 0 Å². The Bertz CT molecular complexity index is 883. The average Bonchev–Trinajstić information content (AvgIpc) is 2.84. The molecule has 3 atom stereocenters. The molecule has 1 nitrogen and oxygen atoms in total. The van der Waals surface area contributed by atoms with Gasteiger partial charge in [0.05, 0.1) is 0 Å². The van der Waals surface area contributed by atoms with Crippen LogP contribution in [0.3, 0.4) is 0 Å². The average molecular weight is 315 g/mol. The molecule has 3 aromatic rings. The summed E-state index contributed by atoms with van der Waals surface area (Å²) in [6.45, 7) is 7.19. The molecule has 1 heterocycles. The van der Waals surface area contributed by atoms with Gasteiger partial charge in [-0.2, -0.15) is 0 Å². The van der Waals surface area contributed by atoms with Crippen molar-refractivity contribution in [3.63, 3.8) is 0 Å². The minimum atomic E-state index is 0.0927. The van der Waals surface area contributed by atoms with Crippen LogP contribution in [0.4, 0.5) is 5.69 Å². The van der Waals surface area contributed by atoms with Gasteiger partial charge in [0.25, 0.3) is 0 Å². The van der Waals surface area contributed by atoms with Crippen molar-refractivity contribution in [2.75, 3.05) is 11.9 Å². The van der Waals surface area contributed by atoms with Crippen LogP contribution in [0, 0.1) is 0 Å². The van der Waals surface area contributed by atoms with Crippen LogP contribution in [-0.2, 0) is 5.41 Å². The fourth-order valence-electron chi connectivity index (χ4n) is 4.57. The molecular weight excluding hydrogens is 290 g/mol. The van der Waals surface area contributed by atoms with Crippen LogP contribution in [-0.4, -0.2) is 13.1 Å². The van der Waals surface area contributed by atoms with E-state index in [1.807, 2.05) is 0 Å². The second-order valence-electron chi connectivity index (χ2n) is 7.38. The normalized spacial score (nSPS) is 24.2. The molecule has 0 saturated carbocycles. The van der Waals surface area contributed by atoms with Gasteiger partial charge in [-0.3, -0.25) is 0 Å². The van der Waals surface area contributed by atoms with E-state index in [0.29, 0.717) is 12.0 Å². The van der Waals surface area contributed by atoms with Gasteiger partial charge in [-0.05, 0) is 29.4 Å². The predicted molar refractivity (Wildman–Crippen MR) is 104 cm³/mol. The molecule has 0 amide bonds. The van der Waals surface area contributed by atoms with Crippen LogP contribution in [0.15, 0.2) is 66.7 Å². The highest BCUT2D eigenvalue weighted by Gasteiger charge is 2.48. The summed E-state index contributed by atoms with van der Waals surface area (Å²) in [6, 6.07) is 24.8. The van der Waals surface area contributed by atoms with E-state index in [-0.39, 0.29) is 5.41 Å². The lowest BCUT2D eigenvalue weighted by Crippen LogP contribution is -2.42. The Morgan fingerprint density at radius 1 is 0.917 bits per heavy atom. The number of likely N-dealkylation sites (N-methyl/N-ethyl adjacent to an activating group) is 1.